The van der Waals surface area contributed by atoms with Crippen LogP contribution in [-0.2, 0) is 11.3 Å². The highest BCUT2D eigenvalue weighted by Crippen LogP contribution is 2.35. The van der Waals surface area contributed by atoms with E-state index >= 15 is 4.39 Å². The van der Waals surface area contributed by atoms with Gasteiger partial charge in [-0.05, 0) is 74.7 Å². The van der Waals surface area contributed by atoms with Crippen molar-refractivity contribution in [2.24, 2.45) is 0 Å². The molecule has 0 aliphatic carbocycles. The van der Waals surface area contributed by atoms with Gasteiger partial charge >= 0.3 is 5.97 Å². The fourth-order valence-electron chi connectivity index (χ4n) is 5.01. The van der Waals surface area contributed by atoms with Crippen LogP contribution in [-0.4, -0.2) is 30.6 Å². The summed E-state index contributed by atoms with van der Waals surface area (Å²) in [4.78, 5) is 27.9. The summed E-state index contributed by atoms with van der Waals surface area (Å²) >= 11 is 0. The first-order chi connectivity index (χ1) is 20.1. The van der Waals surface area contributed by atoms with E-state index in [1.807, 2.05) is 49.4 Å². The Hall–Kier alpha value is -4.65. The quantitative estimate of drug-likeness (QED) is 0.237. The number of anilines is 1. The van der Waals surface area contributed by atoms with E-state index in [0.29, 0.717) is 47.7 Å². The number of halogens is 1. The van der Waals surface area contributed by atoms with Gasteiger partial charge in [0.2, 0.25) is 0 Å². The van der Waals surface area contributed by atoms with E-state index in [-0.39, 0.29) is 11.9 Å². The molecule has 5 rings (SSSR count). The normalized spacial score (nSPS) is 13.5. The summed E-state index contributed by atoms with van der Waals surface area (Å²) in [5, 5.41) is 3.04. The summed E-state index contributed by atoms with van der Waals surface area (Å²) in [5.41, 5.74) is 3.63. The summed E-state index contributed by atoms with van der Waals surface area (Å²) in [6.45, 7) is 8.87. The molecular formula is C35H35FN2O4. The molecule has 4 aromatic rings. The number of ether oxygens (including phenoxy) is 2. The minimum Gasteiger partial charge on any atom is -0.490 e. The van der Waals surface area contributed by atoms with Crippen LogP contribution >= 0.6 is 0 Å². The van der Waals surface area contributed by atoms with Crippen molar-refractivity contribution < 1.29 is 23.5 Å². The molecular weight excluding hydrogens is 531 g/mol. The monoisotopic (exact) mass is 566 g/mol. The van der Waals surface area contributed by atoms with Gasteiger partial charge in [0.1, 0.15) is 23.8 Å². The summed E-state index contributed by atoms with van der Waals surface area (Å²) in [6.07, 6.45) is 0. The smallest absolute Gasteiger partial charge is 0.339 e. The lowest BCUT2D eigenvalue weighted by molar-refractivity contribution is 0.00703. The average molecular weight is 567 g/mol. The Labute approximate surface area is 246 Å². The number of amides is 1. The minimum absolute atomic E-state index is 0.138. The van der Waals surface area contributed by atoms with Crippen molar-refractivity contribution in [3.8, 4) is 16.9 Å². The van der Waals surface area contributed by atoms with Crippen molar-refractivity contribution in [3.05, 3.63) is 119 Å². The Balaban J connectivity index is 1.32. The fourth-order valence-corrected chi connectivity index (χ4v) is 5.01. The number of nitrogens with zero attached hydrogens (tertiary/aromatic N) is 1. The number of hydrogen-bond donors (Lipinski definition) is 1. The maximum Gasteiger partial charge on any atom is 0.339 e. The SMILES string of the molecule is CC(NC(=O)c1ccc2c(c1)OCCN2Cc1ccc(-c2ccccc2C(=O)OC(C)(C)C)c(F)c1)c1ccccc1. The fraction of sp³-hybridized carbons (Fsp3) is 0.257. The van der Waals surface area contributed by atoms with Gasteiger partial charge in [0.15, 0.2) is 0 Å². The van der Waals surface area contributed by atoms with Crippen LogP contribution < -0.4 is 15.0 Å². The topological polar surface area (TPSA) is 67.9 Å². The molecule has 7 heteroatoms. The molecule has 1 aliphatic heterocycles. The molecule has 1 N–H and O–H groups in total. The van der Waals surface area contributed by atoms with Gasteiger partial charge in [0.25, 0.3) is 5.91 Å². The van der Waals surface area contributed by atoms with Crippen molar-refractivity contribution in [2.75, 3.05) is 18.1 Å². The molecule has 0 radical (unpaired) electrons. The van der Waals surface area contributed by atoms with Gasteiger partial charge < -0.3 is 19.7 Å². The molecule has 0 saturated heterocycles. The molecule has 1 aliphatic rings. The van der Waals surface area contributed by atoms with Crippen LogP contribution in [0.1, 0.15) is 65.6 Å². The minimum atomic E-state index is -0.661. The Kier molecular flexibility index (Phi) is 8.29. The third-order valence-electron chi connectivity index (χ3n) is 7.07. The first-order valence-corrected chi connectivity index (χ1v) is 14.1. The van der Waals surface area contributed by atoms with E-state index in [1.165, 1.54) is 6.07 Å². The number of benzene rings is 4. The zero-order valence-corrected chi connectivity index (χ0v) is 24.3. The van der Waals surface area contributed by atoms with Crippen molar-refractivity contribution >= 4 is 17.6 Å². The van der Waals surface area contributed by atoms with Gasteiger partial charge in [-0.25, -0.2) is 9.18 Å². The summed E-state index contributed by atoms with van der Waals surface area (Å²) < 4.78 is 26.9. The van der Waals surface area contributed by atoms with E-state index < -0.39 is 17.4 Å². The third-order valence-corrected chi connectivity index (χ3v) is 7.07. The number of carbonyl (C=O) groups excluding carboxylic acids is 2. The van der Waals surface area contributed by atoms with E-state index in [4.69, 9.17) is 9.47 Å². The Morgan fingerprint density at radius 3 is 2.43 bits per heavy atom. The lowest BCUT2D eigenvalue weighted by Gasteiger charge is -2.31. The first-order valence-electron chi connectivity index (χ1n) is 14.1. The highest BCUT2D eigenvalue weighted by atomic mass is 19.1. The van der Waals surface area contributed by atoms with Crippen LogP contribution in [0.25, 0.3) is 11.1 Å². The van der Waals surface area contributed by atoms with E-state index in [9.17, 15) is 9.59 Å². The van der Waals surface area contributed by atoms with Crippen LogP contribution in [0.5, 0.6) is 5.75 Å². The second-order valence-electron chi connectivity index (χ2n) is 11.4. The van der Waals surface area contributed by atoms with Crippen molar-refractivity contribution in [2.45, 2.75) is 45.9 Å². The molecule has 6 nitrogen and oxygen atoms in total. The van der Waals surface area contributed by atoms with Gasteiger partial charge in [-0.1, -0.05) is 60.7 Å². The number of nitrogens with one attached hydrogen (secondary N) is 1. The second kappa shape index (κ2) is 12.1. The highest BCUT2D eigenvalue weighted by Gasteiger charge is 2.24. The van der Waals surface area contributed by atoms with Gasteiger partial charge in [0, 0.05) is 17.7 Å². The summed E-state index contributed by atoms with van der Waals surface area (Å²) in [5.74, 6) is -0.477. The first kappa shape index (κ1) is 28.9. The zero-order chi connectivity index (χ0) is 29.9. The molecule has 0 saturated carbocycles. The highest BCUT2D eigenvalue weighted by molar-refractivity contribution is 5.97. The predicted molar refractivity (Wildman–Crippen MR) is 162 cm³/mol. The van der Waals surface area contributed by atoms with Crippen molar-refractivity contribution in [1.29, 1.82) is 0 Å². The maximum atomic E-state index is 15.5. The Morgan fingerprint density at radius 2 is 1.69 bits per heavy atom. The van der Waals surface area contributed by atoms with Crippen molar-refractivity contribution in [1.82, 2.24) is 5.32 Å². The number of carbonyl (C=O) groups is 2. The largest absolute Gasteiger partial charge is 0.490 e. The van der Waals surface area contributed by atoms with E-state index in [1.54, 1.807) is 63.2 Å². The lowest BCUT2D eigenvalue weighted by Crippen LogP contribution is -2.32. The second-order valence-corrected chi connectivity index (χ2v) is 11.4. The molecule has 1 amide bonds. The summed E-state index contributed by atoms with van der Waals surface area (Å²) in [6, 6.07) is 27.0. The molecule has 0 bridgehead atoms. The molecule has 42 heavy (non-hydrogen) atoms. The van der Waals surface area contributed by atoms with Crippen molar-refractivity contribution in [3.63, 3.8) is 0 Å². The molecule has 1 unspecified atom stereocenters. The standard InChI is InChI=1S/C35H35FN2O4/c1-23(25-10-6-5-7-11-25)37-33(39)26-15-17-31-32(21-26)41-19-18-38(31)22-24-14-16-28(30(36)20-24)27-12-8-9-13-29(27)34(40)42-35(2,3)4/h5-17,20-21,23H,18-19,22H2,1-4H3,(H,37,39). The van der Waals surface area contributed by atoms with Crippen LogP contribution in [0.15, 0.2) is 91.0 Å². The molecule has 0 spiro atoms. The Bertz CT molecular complexity index is 1600. The number of hydrogen-bond acceptors (Lipinski definition) is 5. The molecule has 0 fully saturated rings. The maximum absolute atomic E-state index is 15.5. The summed E-state index contributed by atoms with van der Waals surface area (Å²) in [7, 11) is 0. The average Bonchev–Trinajstić information content (AvgIpc) is 2.97. The molecule has 216 valence electrons. The number of rotatable bonds is 7. The molecule has 0 aromatic heterocycles. The van der Waals surface area contributed by atoms with Crippen LogP contribution in [0.2, 0.25) is 0 Å². The third kappa shape index (κ3) is 6.62. The van der Waals surface area contributed by atoms with E-state index in [0.717, 1.165) is 16.8 Å². The van der Waals surface area contributed by atoms with Crippen LogP contribution in [0, 0.1) is 5.82 Å². The number of esters is 1. The van der Waals surface area contributed by atoms with Gasteiger partial charge in [-0.2, -0.15) is 0 Å². The van der Waals surface area contributed by atoms with Crippen LogP contribution in [0.3, 0.4) is 0 Å². The van der Waals surface area contributed by atoms with Crippen LogP contribution in [0.4, 0.5) is 10.1 Å². The number of fused-ring (bicyclic) bond motifs is 1. The zero-order valence-electron chi connectivity index (χ0n) is 24.3. The molecule has 4 aromatic carbocycles. The van der Waals surface area contributed by atoms with Gasteiger partial charge in [-0.15, -0.1) is 0 Å². The van der Waals surface area contributed by atoms with Gasteiger partial charge in [-0.3, -0.25) is 4.79 Å². The Morgan fingerprint density at radius 1 is 0.952 bits per heavy atom. The van der Waals surface area contributed by atoms with E-state index in [2.05, 4.69) is 10.2 Å². The lowest BCUT2D eigenvalue weighted by atomic mass is 9.97. The predicted octanol–water partition coefficient (Wildman–Crippen LogP) is 7.34. The van der Waals surface area contributed by atoms with Gasteiger partial charge in [0.05, 0.1) is 23.8 Å². The molecule has 1 atom stereocenters. The molecule has 1 heterocycles.